The number of halogens is 1. The van der Waals surface area contributed by atoms with Crippen LogP contribution >= 0.6 is 11.6 Å². The van der Waals surface area contributed by atoms with Crippen LogP contribution in [-0.4, -0.2) is 39.0 Å². The minimum absolute atomic E-state index is 0.127. The molecule has 1 aromatic rings. The maximum absolute atomic E-state index is 12.6. The summed E-state index contributed by atoms with van der Waals surface area (Å²) in [4.78, 5) is 0.219. The van der Waals surface area contributed by atoms with Crippen molar-refractivity contribution in [1.82, 2.24) is 4.31 Å². The van der Waals surface area contributed by atoms with Gasteiger partial charge in [0.05, 0.1) is 19.1 Å². The molecule has 0 spiro atoms. The Morgan fingerprint density at radius 3 is 2.39 bits per heavy atom. The first-order valence-corrected chi connectivity index (χ1v) is 7.68. The van der Waals surface area contributed by atoms with Crippen molar-refractivity contribution < 1.29 is 17.6 Å². The van der Waals surface area contributed by atoms with Gasteiger partial charge < -0.3 is 9.15 Å². The SMILES string of the molecule is Cc1oc(C)c(S(=O)(=O)N2CCOCC2)c1CCl. The highest BCUT2D eigenvalue weighted by Gasteiger charge is 2.32. The van der Waals surface area contributed by atoms with Crippen LogP contribution in [0.3, 0.4) is 0 Å². The molecule has 0 radical (unpaired) electrons. The summed E-state index contributed by atoms with van der Waals surface area (Å²) in [6.45, 7) is 4.96. The first-order valence-electron chi connectivity index (χ1n) is 5.71. The van der Waals surface area contributed by atoms with Crippen LogP contribution in [0.2, 0.25) is 0 Å². The molecule has 1 aromatic heterocycles. The average molecular weight is 294 g/mol. The molecule has 1 fully saturated rings. The molecule has 0 amide bonds. The van der Waals surface area contributed by atoms with Gasteiger partial charge in [-0.3, -0.25) is 0 Å². The Kier molecular flexibility index (Phi) is 4.01. The molecule has 0 bridgehead atoms. The van der Waals surface area contributed by atoms with Crippen molar-refractivity contribution in [2.75, 3.05) is 26.3 Å². The van der Waals surface area contributed by atoms with E-state index in [4.69, 9.17) is 20.8 Å². The summed E-state index contributed by atoms with van der Waals surface area (Å²) in [6.07, 6.45) is 0. The maximum Gasteiger partial charge on any atom is 0.247 e. The molecule has 0 aliphatic carbocycles. The third-order valence-electron chi connectivity index (χ3n) is 3.03. The van der Waals surface area contributed by atoms with Crippen molar-refractivity contribution in [3.05, 3.63) is 17.1 Å². The third-order valence-corrected chi connectivity index (χ3v) is 5.39. The molecule has 0 N–H and O–H groups in total. The number of furan rings is 1. The van der Waals surface area contributed by atoms with Crippen molar-refractivity contribution in [2.45, 2.75) is 24.6 Å². The topological polar surface area (TPSA) is 59.8 Å². The molecule has 1 aliphatic rings. The maximum atomic E-state index is 12.6. The lowest BCUT2D eigenvalue weighted by Crippen LogP contribution is -2.41. The highest BCUT2D eigenvalue weighted by Crippen LogP contribution is 2.30. The molecular formula is C11H16ClNO4S. The lowest BCUT2D eigenvalue weighted by molar-refractivity contribution is 0.0730. The second-order valence-corrected chi connectivity index (χ2v) is 6.31. The fourth-order valence-electron chi connectivity index (χ4n) is 2.12. The molecule has 0 unspecified atom stereocenters. The number of morpholine rings is 1. The highest BCUT2D eigenvalue weighted by atomic mass is 35.5. The van der Waals surface area contributed by atoms with Crippen LogP contribution < -0.4 is 0 Å². The molecule has 7 heteroatoms. The summed E-state index contributed by atoms with van der Waals surface area (Å²) in [7, 11) is -3.54. The van der Waals surface area contributed by atoms with Crippen LogP contribution in [0.4, 0.5) is 0 Å². The molecular weight excluding hydrogens is 278 g/mol. The zero-order valence-electron chi connectivity index (χ0n) is 10.4. The highest BCUT2D eigenvalue weighted by molar-refractivity contribution is 7.89. The molecule has 102 valence electrons. The van der Waals surface area contributed by atoms with Gasteiger partial charge >= 0.3 is 0 Å². The Morgan fingerprint density at radius 2 is 1.83 bits per heavy atom. The van der Waals surface area contributed by atoms with E-state index in [-0.39, 0.29) is 10.8 Å². The lowest BCUT2D eigenvalue weighted by atomic mass is 10.3. The summed E-state index contributed by atoms with van der Waals surface area (Å²) in [5.74, 6) is 1.09. The fourth-order valence-corrected chi connectivity index (χ4v) is 4.34. The molecule has 0 atom stereocenters. The predicted octanol–water partition coefficient (Wildman–Crippen LogP) is 1.66. The Balaban J connectivity index is 2.46. The molecule has 2 heterocycles. The summed E-state index contributed by atoms with van der Waals surface area (Å²) in [5, 5.41) is 0. The molecule has 1 saturated heterocycles. The Bertz CT molecular complexity index is 531. The van der Waals surface area contributed by atoms with Crippen LogP contribution in [-0.2, 0) is 20.6 Å². The molecule has 18 heavy (non-hydrogen) atoms. The van der Waals surface area contributed by atoms with E-state index in [2.05, 4.69) is 0 Å². The molecule has 2 rings (SSSR count). The predicted molar refractivity (Wildman–Crippen MR) is 67.3 cm³/mol. The zero-order chi connectivity index (χ0) is 13.3. The minimum Gasteiger partial charge on any atom is -0.465 e. The van der Waals surface area contributed by atoms with E-state index < -0.39 is 10.0 Å². The van der Waals surface area contributed by atoms with Crippen LogP contribution in [0.15, 0.2) is 9.31 Å². The molecule has 0 aromatic carbocycles. The summed E-state index contributed by atoms with van der Waals surface area (Å²) >= 11 is 5.83. The van der Waals surface area contributed by atoms with Gasteiger partial charge in [0.25, 0.3) is 0 Å². The fraction of sp³-hybridized carbons (Fsp3) is 0.636. The van der Waals surface area contributed by atoms with Crippen LogP contribution in [0.5, 0.6) is 0 Å². The number of nitrogens with zero attached hydrogens (tertiary/aromatic N) is 1. The van der Waals surface area contributed by atoms with Gasteiger partial charge in [0.2, 0.25) is 10.0 Å². The van der Waals surface area contributed by atoms with Crippen molar-refractivity contribution in [3.8, 4) is 0 Å². The molecule has 1 aliphatic heterocycles. The van der Waals surface area contributed by atoms with E-state index >= 15 is 0 Å². The number of alkyl halides is 1. The Hall–Kier alpha value is -0.560. The lowest BCUT2D eigenvalue weighted by Gasteiger charge is -2.26. The zero-order valence-corrected chi connectivity index (χ0v) is 12.0. The van der Waals surface area contributed by atoms with Crippen LogP contribution in [0.25, 0.3) is 0 Å². The monoisotopic (exact) mass is 293 g/mol. The van der Waals surface area contributed by atoms with Crippen LogP contribution in [0, 0.1) is 13.8 Å². The van der Waals surface area contributed by atoms with E-state index in [0.29, 0.717) is 43.4 Å². The van der Waals surface area contributed by atoms with E-state index in [1.54, 1.807) is 13.8 Å². The Labute approximate surface area is 112 Å². The number of ether oxygens (including phenoxy) is 1. The normalized spacial score (nSPS) is 18.2. The summed E-state index contributed by atoms with van der Waals surface area (Å²) < 4.78 is 37.1. The Morgan fingerprint density at radius 1 is 1.22 bits per heavy atom. The molecule has 0 saturated carbocycles. The van der Waals surface area contributed by atoms with Crippen molar-refractivity contribution in [2.24, 2.45) is 0 Å². The van der Waals surface area contributed by atoms with E-state index in [1.165, 1.54) is 4.31 Å². The average Bonchev–Trinajstić information content (AvgIpc) is 2.65. The number of aryl methyl sites for hydroxylation is 2. The van der Waals surface area contributed by atoms with Gasteiger partial charge in [-0.25, -0.2) is 8.42 Å². The van der Waals surface area contributed by atoms with Gasteiger partial charge in [0.1, 0.15) is 16.4 Å². The first kappa shape index (κ1) is 13.9. The summed E-state index contributed by atoms with van der Waals surface area (Å²) in [5.41, 5.74) is 0.556. The number of rotatable bonds is 3. The van der Waals surface area contributed by atoms with Crippen molar-refractivity contribution >= 4 is 21.6 Å². The first-order chi connectivity index (χ1) is 8.48. The van der Waals surface area contributed by atoms with Gasteiger partial charge in [-0.05, 0) is 13.8 Å². The van der Waals surface area contributed by atoms with E-state index in [1.807, 2.05) is 0 Å². The van der Waals surface area contributed by atoms with Crippen molar-refractivity contribution in [1.29, 1.82) is 0 Å². The number of hydrogen-bond donors (Lipinski definition) is 0. The quantitative estimate of drug-likeness (QED) is 0.795. The van der Waals surface area contributed by atoms with Crippen molar-refractivity contribution in [3.63, 3.8) is 0 Å². The third kappa shape index (κ3) is 2.30. The van der Waals surface area contributed by atoms with Gasteiger partial charge in [0, 0.05) is 18.7 Å². The van der Waals surface area contributed by atoms with Gasteiger partial charge in [-0.2, -0.15) is 4.31 Å². The van der Waals surface area contributed by atoms with Crippen LogP contribution in [0.1, 0.15) is 17.1 Å². The molecule has 5 nitrogen and oxygen atoms in total. The van der Waals surface area contributed by atoms with E-state index in [0.717, 1.165) is 0 Å². The standard InChI is InChI=1S/C11H16ClNO4S/c1-8-10(7-12)11(9(2)17-8)18(14,15)13-3-5-16-6-4-13/h3-7H2,1-2H3. The minimum atomic E-state index is -3.54. The number of hydrogen-bond acceptors (Lipinski definition) is 4. The summed E-state index contributed by atoms with van der Waals surface area (Å²) in [6, 6.07) is 0. The second-order valence-electron chi connectivity index (χ2n) is 4.17. The second kappa shape index (κ2) is 5.21. The largest absolute Gasteiger partial charge is 0.465 e. The smallest absolute Gasteiger partial charge is 0.247 e. The van der Waals surface area contributed by atoms with Gasteiger partial charge in [-0.1, -0.05) is 0 Å². The number of sulfonamides is 1. The van der Waals surface area contributed by atoms with Gasteiger partial charge in [-0.15, -0.1) is 11.6 Å². The van der Waals surface area contributed by atoms with E-state index in [9.17, 15) is 8.42 Å². The van der Waals surface area contributed by atoms with Gasteiger partial charge in [0.15, 0.2) is 0 Å².